The van der Waals surface area contributed by atoms with Gasteiger partial charge in [-0.15, -0.1) is 0 Å². The highest BCUT2D eigenvalue weighted by atomic mass is 35.5. The first-order valence-electron chi connectivity index (χ1n) is 5.51. The third kappa shape index (κ3) is 2.90. The Morgan fingerprint density at radius 3 is 2.78 bits per heavy atom. The molecule has 0 aliphatic rings. The highest BCUT2D eigenvalue weighted by Crippen LogP contribution is 2.21. The Morgan fingerprint density at radius 2 is 2.06 bits per heavy atom. The molecule has 18 heavy (non-hydrogen) atoms. The first-order chi connectivity index (χ1) is 8.70. The molecule has 2 rings (SSSR count). The number of hydrogen-bond donors (Lipinski definition) is 0. The van der Waals surface area contributed by atoms with Crippen LogP contribution in [0.4, 0.5) is 5.82 Å². The van der Waals surface area contributed by atoms with E-state index in [9.17, 15) is 0 Å². The Morgan fingerprint density at radius 1 is 1.28 bits per heavy atom. The quantitative estimate of drug-likeness (QED) is 0.850. The van der Waals surface area contributed by atoms with E-state index >= 15 is 0 Å². The van der Waals surface area contributed by atoms with Crippen LogP contribution in [0.1, 0.15) is 5.56 Å². The van der Waals surface area contributed by atoms with Gasteiger partial charge in [0.15, 0.2) is 11.0 Å². The fraction of sp³-hybridized carbons (Fsp3) is 0.231. The largest absolute Gasteiger partial charge is 0.497 e. The molecule has 0 aliphatic carbocycles. The fourth-order valence-corrected chi connectivity index (χ4v) is 1.94. The van der Waals surface area contributed by atoms with Gasteiger partial charge in [0.05, 0.1) is 7.11 Å². The monoisotopic (exact) mass is 263 g/mol. The summed E-state index contributed by atoms with van der Waals surface area (Å²) < 4.78 is 5.19. The van der Waals surface area contributed by atoms with Crippen LogP contribution in [-0.2, 0) is 6.54 Å². The summed E-state index contributed by atoms with van der Waals surface area (Å²) in [6, 6.07) is 7.89. The summed E-state index contributed by atoms with van der Waals surface area (Å²) >= 11 is 6.00. The minimum atomic E-state index is 0.405. The number of hydrogen-bond acceptors (Lipinski definition) is 4. The van der Waals surface area contributed by atoms with Gasteiger partial charge in [0.1, 0.15) is 5.75 Å². The first-order valence-corrected chi connectivity index (χ1v) is 5.89. The number of methoxy groups -OCH3 is 1. The van der Waals surface area contributed by atoms with Crippen molar-refractivity contribution in [1.82, 2.24) is 9.97 Å². The summed E-state index contributed by atoms with van der Waals surface area (Å²) in [6.07, 6.45) is 3.20. The lowest BCUT2D eigenvalue weighted by Gasteiger charge is -2.18. The van der Waals surface area contributed by atoms with E-state index < -0.39 is 0 Å². The molecular weight excluding hydrogens is 250 g/mol. The van der Waals surface area contributed by atoms with E-state index in [4.69, 9.17) is 16.3 Å². The second kappa shape index (κ2) is 5.69. The summed E-state index contributed by atoms with van der Waals surface area (Å²) in [7, 11) is 3.58. The molecule has 0 N–H and O–H groups in total. The average molecular weight is 264 g/mol. The minimum absolute atomic E-state index is 0.405. The van der Waals surface area contributed by atoms with Gasteiger partial charge in [-0.1, -0.05) is 23.7 Å². The SMILES string of the molecule is COc1cccc(CN(C)c2nccnc2Cl)c1. The number of halogens is 1. The highest BCUT2D eigenvalue weighted by Gasteiger charge is 2.08. The molecule has 0 unspecified atom stereocenters. The number of aromatic nitrogens is 2. The third-order valence-electron chi connectivity index (χ3n) is 2.55. The van der Waals surface area contributed by atoms with E-state index in [1.807, 2.05) is 36.2 Å². The van der Waals surface area contributed by atoms with Gasteiger partial charge in [-0.2, -0.15) is 0 Å². The molecule has 0 bridgehead atoms. The van der Waals surface area contributed by atoms with Crippen LogP contribution >= 0.6 is 11.6 Å². The molecule has 0 amide bonds. The Kier molecular flexibility index (Phi) is 3.99. The molecule has 2 aromatic rings. The standard InChI is InChI=1S/C13H14ClN3O/c1-17(13-12(14)15-6-7-16-13)9-10-4-3-5-11(8-10)18-2/h3-8H,9H2,1-2H3. The summed E-state index contributed by atoms with van der Waals surface area (Å²) in [5.41, 5.74) is 1.12. The van der Waals surface area contributed by atoms with Crippen LogP contribution in [0, 0.1) is 0 Å². The van der Waals surface area contributed by atoms with Crippen molar-refractivity contribution in [1.29, 1.82) is 0 Å². The predicted octanol–water partition coefficient (Wildman–Crippen LogP) is 2.78. The summed E-state index contributed by atoms with van der Waals surface area (Å²) in [6.45, 7) is 0.690. The molecular formula is C13H14ClN3O. The van der Waals surface area contributed by atoms with Gasteiger partial charge in [-0.05, 0) is 17.7 Å². The fourth-order valence-electron chi connectivity index (χ4n) is 1.69. The van der Waals surface area contributed by atoms with Crippen molar-refractivity contribution in [2.45, 2.75) is 6.54 Å². The Balaban J connectivity index is 2.16. The smallest absolute Gasteiger partial charge is 0.171 e. The first kappa shape index (κ1) is 12.6. The van der Waals surface area contributed by atoms with Crippen LogP contribution in [0.5, 0.6) is 5.75 Å². The molecule has 1 aromatic heterocycles. The van der Waals surface area contributed by atoms with Crippen molar-refractivity contribution in [3.05, 3.63) is 47.4 Å². The van der Waals surface area contributed by atoms with Gasteiger partial charge < -0.3 is 9.64 Å². The minimum Gasteiger partial charge on any atom is -0.497 e. The van der Waals surface area contributed by atoms with Crippen molar-refractivity contribution >= 4 is 17.4 Å². The van der Waals surface area contributed by atoms with E-state index in [-0.39, 0.29) is 0 Å². The topological polar surface area (TPSA) is 38.2 Å². The van der Waals surface area contributed by atoms with E-state index in [0.29, 0.717) is 17.5 Å². The summed E-state index contributed by atoms with van der Waals surface area (Å²) in [5.74, 6) is 1.51. The zero-order chi connectivity index (χ0) is 13.0. The maximum Gasteiger partial charge on any atom is 0.171 e. The van der Waals surface area contributed by atoms with Gasteiger partial charge >= 0.3 is 0 Å². The summed E-state index contributed by atoms with van der Waals surface area (Å²) in [5, 5.41) is 0.405. The van der Waals surface area contributed by atoms with Gasteiger partial charge in [-0.25, -0.2) is 9.97 Å². The highest BCUT2D eigenvalue weighted by molar-refractivity contribution is 6.31. The van der Waals surface area contributed by atoms with E-state index in [1.165, 1.54) is 0 Å². The van der Waals surface area contributed by atoms with E-state index in [2.05, 4.69) is 9.97 Å². The second-order valence-corrected chi connectivity index (χ2v) is 4.24. The second-order valence-electron chi connectivity index (χ2n) is 3.88. The molecule has 0 saturated carbocycles. The lowest BCUT2D eigenvalue weighted by atomic mass is 10.2. The van der Waals surface area contributed by atoms with Gasteiger partial charge in [0.2, 0.25) is 0 Å². The zero-order valence-corrected chi connectivity index (χ0v) is 11.1. The molecule has 94 valence electrons. The maximum absolute atomic E-state index is 6.00. The van der Waals surface area contributed by atoms with Crippen LogP contribution in [0.25, 0.3) is 0 Å². The number of nitrogens with zero attached hydrogens (tertiary/aromatic N) is 3. The number of anilines is 1. The Labute approximate surface area is 111 Å². The van der Waals surface area contributed by atoms with Crippen molar-refractivity contribution < 1.29 is 4.74 Å². The molecule has 1 aromatic carbocycles. The van der Waals surface area contributed by atoms with Gasteiger partial charge in [0, 0.05) is 26.0 Å². The predicted molar refractivity (Wildman–Crippen MR) is 72.1 cm³/mol. The van der Waals surface area contributed by atoms with Gasteiger partial charge in [0.25, 0.3) is 0 Å². The van der Waals surface area contributed by atoms with E-state index in [1.54, 1.807) is 19.5 Å². The Hall–Kier alpha value is -1.81. The molecule has 0 saturated heterocycles. The summed E-state index contributed by atoms with van der Waals surface area (Å²) in [4.78, 5) is 10.2. The van der Waals surface area contributed by atoms with E-state index in [0.717, 1.165) is 11.3 Å². The third-order valence-corrected chi connectivity index (χ3v) is 2.82. The van der Waals surface area contributed by atoms with Crippen molar-refractivity contribution in [2.75, 3.05) is 19.1 Å². The molecule has 0 fully saturated rings. The maximum atomic E-state index is 6.00. The van der Waals surface area contributed by atoms with Crippen molar-refractivity contribution in [3.8, 4) is 5.75 Å². The number of benzene rings is 1. The molecule has 0 atom stereocenters. The van der Waals surface area contributed by atoms with Crippen LogP contribution in [-0.4, -0.2) is 24.1 Å². The average Bonchev–Trinajstić information content (AvgIpc) is 2.39. The van der Waals surface area contributed by atoms with Gasteiger partial charge in [-0.3, -0.25) is 0 Å². The molecule has 0 radical (unpaired) electrons. The normalized spacial score (nSPS) is 10.2. The van der Waals surface area contributed by atoms with Crippen LogP contribution in [0.2, 0.25) is 5.15 Å². The molecule has 1 heterocycles. The van der Waals surface area contributed by atoms with Crippen molar-refractivity contribution in [3.63, 3.8) is 0 Å². The number of ether oxygens (including phenoxy) is 1. The van der Waals surface area contributed by atoms with Crippen molar-refractivity contribution in [2.24, 2.45) is 0 Å². The number of rotatable bonds is 4. The molecule has 0 aliphatic heterocycles. The Bertz CT molecular complexity index is 533. The molecule has 5 heteroatoms. The molecule has 4 nitrogen and oxygen atoms in total. The lowest BCUT2D eigenvalue weighted by molar-refractivity contribution is 0.414. The molecule has 0 spiro atoms. The van der Waals surface area contributed by atoms with Crippen LogP contribution in [0.15, 0.2) is 36.7 Å². The zero-order valence-electron chi connectivity index (χ0n) is 10.3. The van der Waals surface area contributed by atoms with Crippen LogP contribution < -0.4 is 9.64 Å². The van der Waals surface area contributed by atoms with Crippen LogP contribution in [0.3, 0.4) is 0 Å². The lowest BCUT2D eigenvalue weighted by Crippen LogP contribution is -2.18.